The van der Waals surface area contributed by atoms with Crippen molar-refractivity contribution in [3.05, 3.63) is 72.1 Å². The summed E-state index contributed by atoms with van der Waals surface area (Å²) >= 11 is 0. The molecule has 2 rings (SSSR count). The van der Waals surface area contributed by atoms with E-state index in [4.69, 9.17) is 0 Å². The number of hydrogen-bond acceptors (Lipinski definition) is 0. The van der Waals surface area contributed by atoms with Gasteiger partial charge in [-0.15, -0.1) is 0 Å². The first-order valence-electron chi connectivity index (χ1n) is 7.94. The van der Waals surface area contributed by atoms with Crippen molar-refractivity contribution in [2.45, 2.75) is 39.5 Å². The van der Waals surface area contributed by atoms with Crippen LogP contribution in [0, 0.1) is 0 Å². The highest BCUT2D eigenvalue weighted by molar-refractivity contribution is 7.75. The van der Waals surface area contributed by atoms with Crippen LogP contribution in [0.15, 0.2) is 72.1 Å². The first-order valence-corrected chi connectivity index (χ1v) is 9.35. The second kappa shape index (κ2) is 8.80. The fraction of sp³-hybridized carbons (Fsp3) is 0.300. The molecule has 110 valence electrons. The molecule has 0 heterocycles. The Morgan fingerprint density at radius 1 is 0.857 bits per heavy atom. The summed E-state index contributed by atoms with van der Waals surface area (Å²) in [4.78, 5) is 0. The van der Waals surface area contributed by atoms with Gasteiger partial charge in [-0.2, -0.15) is 0 Å². The van der Waals surface area contributed by atoms with Crippen molar-refractivity contribution < 1.29 is 0 Å². The lowest BCUT2D eigenvalue weighted by Gasteiger charge is -2.17. The van der Waals surface area contributed by atoms with Crippen LogP contribution in [0.2, 0.25) is 0 Å². The van der Waals surface area contributed by atoms with Crippen LogP contribution in [0.3, 0.4) is 0 Å². The van der Waals surface area contributed by atoms with Gasteiger partial charge in [0.15, 0.2) is 0 Å². The minimum atomic E-state index is -0.375. The predicted molar refractivity (Wildman–Crippen MR) is 97.0 cm³/mol. The van der Waals surface area contributed by atoms with Crippen molar-refractivity contribution in [3.63, 3.8) is 0 Å². The molecule has 0 N–H and O–H groups in total. The van der Waals surface area contributed by atoms with E-state index in [0.717, 1.165) is 0 Å². The summed E-state index contributed by atoms with van der Waals surface area (Å²) in [5.41, 5.74) is 1.61. The van der Waals surface area contributed by atoms with Crippen LogP contribution in [0.4, 0.5) is 0 Å². The number of rotatable bonds is 7. The molecule has 0 aliphatic carbocycles. The van der Waals surface area contributed by atoms with Gasteiger partial charge in [0.2, 0.25) is 0 Å². The monoisotopic (exact) mass is 296 g/mol. The number of hydrogen-bond donors (Lipinski definition) is 0. The minimum Gasteiger partial charge on any atom is -0.0694 e. The molecule has 2 aromatic carbocycles. The van der Waals surface area contributed by atoms with E-state index in [-0.39, 0.29) is 7.92 Å². The van der Waals surface area contributed by atoms with Crippen LogP contribution in [-0.4, -0.2) is 0 Å². The molecule has 21 heavy (non-hydrogen) atoms. The van der Waals surface area contributed by atoms with Crippen LogP contribution >= 0.6 is 7.92 Å². The Balaban J connectivity index is 2.34. The van der Waals surface area contributed by atoms with Gasteiger partial charge >= 0.3 is 0 Å². The summed E-state index contributed by atoms with van der Waals surface area (Å²) in [7, 11) is -0.375. The van der Waals surface area contributed by atoms with Crippen LogP contribution in [0.1, 0.15) is 39.5 Å². The van der Waals surface area contributed by atoms with E-state index < -0.39 is 0 Å². The van der Waals surface area contributed by atoms with Crippen molar-refractivity contribution in [1.29, 1.82) is 0 Å². The normalized spacial score (nSPS) is 11.9. The first kappa shape index (κ1) is 16.0. The van der Waals surface area contributed by atoms with E-state index in [0.29, 0.717) is 0 Å². The SMILES string of the molecule is CCCC/C(=C/P(c1ccccc1)c1ccccc1)CC. The third kappa shape index (κ3) is 4.83. The maximum atomic E-state index is 2.55. The molecule has 0 nitrogen and oxygen atoms in total. The van der Waals surface area contributed by atoms with Crippen molar-refractivity contribution in [1.82, 2.24) is 0 Å². The Hall–Kier alpha value is -1.39. The fourth-order valence-corrected chi connectivity index (χ4v) is 4.65. The van der Waals surface area contributed by atoms with Gasteiger partial charge in [-0.25, -0.2) is 0 Å². The highest BCUT2D eigenvalue weighted by atomic mass is 31.1. The smallest absolute Gasteiger partial charge is 0.0157 e. The molecule has 0 bridgehead atoms. The molecule has 0 aliphatic rings. The van der Waals surface area contributed by atoms with E-state index in [9.17, 15) is 0 Å². The van der Waals surface area contributed by atoms with E-state index in [2.05, 4.69) is 80.3 Å². The molecule has 0 saturated carbocycles. The molecule has 1 heteroatoms. The number of unbranched alkanes of at least 4 members (excludes halogenated alkanes) is 1. The van der Waals surface area contributed by atoms with Gasteiger partial charge in [0.1, 0.15) is 0 Å². The highest BCUT2D eigenvalue weighted by Gasteiger charge is 2.11. The lowest BCUT2D eigenvalue weighted by atomic mass is 10.1. The van der Waals surface area contributed by atoms with Gasteiger partial charge < -0.3 is 0 Å². The van der Waals surface area contributed by atoms with Crippen molar-refractivity contribution in [3.8, 4) is 0 Å². The lowest BCUT2D eigenvalue weighted by Crippen LogP contribution is -2.10. The standard InChI is InChI=1S/C20H25P/c1-3-5-12-18(4-2)17-21(19-13-8-6-9-14-19)20-15-10-7-11-16-20/h6-11,13-17H,3-5,12H2,1-2H3/b18-17+. The molecule has 0 aliphatic heterocycles. The van der Waals surface area contributed by atoms with E-state index >= 15 is 0 Å². The fourth-order valence-electron chi connectivity index (χ4n) is 2.39. The summed E-state index contributed by atoms with van der Waals surface area (Å²) in [6, 6.07) is 21.9. The van der Waals surface area contributed by atoms with Crippen LogP contribution in [-0.2, 0) is 0 Å². The molecule has 0 atom stereocenters. The highest BCUT2D eigenvalue weighted by Crippen LogP contribution is 2.37. The predicted octanol–water partition coefficient (Wildman–Crippen LogP) is 5.60. The molecule has 0 aromatic heterocycles. The topological polar surface area (TPSA) is 0 Å². The second-order valence-corrected chi connectivity index (χ2v) is 7.32. The maximum absolute atomic E-state index is 2.55. The van der Waals surface area contributed by atoms with Crippen LogP contribution < -0.4 is 10.6 Å². The largest absolute Gasteiger partial charge is 0.0694 e. The molecule has 0 saturated heterocycles. The van der Waals surface area contributed by atoms with Gasteiger partial charge in [0, 0.05) is 0 Å². The second-order valence-electron chi connectivity index (χ2n) is 5.29. The van der Waals surface area contributed by atoms with E-state index in [1.807, 2.05) is 0 Å². The molecule has 0 fully saturated rings. The third-order valence-corrected chi connectivity index (χ3v) is 6.02. The average molecular weight is 296 g/mol. The van der Waals surface area contributed by atoms with Gasteiger partial charge in [0.05, 0.1) is 0 Å². The van der Waals surface area contributed by atoms with Gasteiger partial charge in [-0.05, 0) is 37.8 Å². The summed E-state index contributed by atoms with van der Waals surface area (Å²) < 4.78 is 0. The Morgan fingerprint density at radius 2 is 1.38 bits per heavy atom. The number of benzene rings is 2. The molecule has 0 radical (unpaired) electrons. The summed E-state index contributed by atoms with van der Waals surface area (Å²) in [5, 5.41) is 2.89. The summed E-state index contributed by atoms with van der Waals surface area (Å²) in [5.74, 6) is 2.55. The Morgan fingerprint density at radius 3 is 1.81 bits per heavy atom. The number of allylic oxidation sites excluding steroid dienone is 1. The summed E-state index contributed by atoms with van der Waals surface area (Å²) in [6.45, 7) is 4.55. The van der Waals surface area contributed by atoms with Crippen molar-refractivity contribution >= 4 is 18.5 Å². The average Bonchev–Trinajstić information content (AvgIpc) is 2.57. The van der Waals surface area contributed by atoms with Crippen molar-refractivity contribution in [2.24, 2.45) is 0 Å². The maximum Gasteiger partial charge on any atom is -0.0157 e. The zero-order valence-electron chi connectivity index (χ0n) is 13.1. The van der Waals surface area contributed by atoms with E-state index in [1.165, 1.54) is 36.3 Å². The Kier molecular flexibility index (Phi) is 6.70. The zero-order chi connectivity index (χ0) is 14.9. The minimum absolute atomic E-state index is 0.375. The molecule has 0 unspecified atom stereocenters. The molecule has 0 spiro atoms. The van der Waals surface area contributed by atoms with Crippen LogP contribution in [0.25, 0.3) is 0 Å². The van der Waals surface area contributed by atoms with Gasteiger partial charge in [0.25, 0.3) is 0 Å². The molecule has 2 aromatic rings. The summed E-state index contributed by atoms with van der Waals surface area (Å²) in [6.07, 6.45) is 4.97. The quantitative estimate of drug-likeness (QED) is 0.583. The van der Waals surface area contributed by atoms with Gasteiger partial charge in [-0.1, -0.05) is 92.3 Å². The lowest BCUT2D eigenvalue weighted by molar-refractivity contribution is 0.768. The first-order chi connectivity index (χ1) is 10.3. The van der Waals surface area contributed by atoms with Crippen molar-refractivity contribution in [2.75, 3.05) is 0 Å². The molecular formula is C20H25P. The molecule has 0 amide bonds. The molecular weight excluding hydrogens is 271 g/mol. The van der Waals surface area contributed by atoms with E-state index in [1.54, 1.807) is 5.57 Å². The van der Waals surface area contributed by atoms with Gasteiger partial charge in [-0.3, -0.25) is 0 Å². The Labute approximate surface area is 130 Å². The Bertz CT molecular complexity index is 503. The third-order valence-electron chi connectivity index (χ3n) is 3.69. The van der Waals surface area contributed by atoms with Crippen LogP contribution in [0.5, 0.6) is 0 Å². The zero-order valence-corrected chi connectivity index (χ0v) is 14.0.